The van der Waals surface area contributed by atoms with Crippen LogP contribution in [0.5, 0.6) is 0 Å². The van der Waals surface area contributed by atoms with Crippen molar-refractivity contribution in [3.63, 3.8) is 0 Å². The van der Waals surface area contributed by atoms with Crippen LogP contribution in [0.15, 0.2) is 0 Å². The summed E-state index contributed by atoms with van der Waals surface area (Å²) in [6, 6.07) is -0.689. The molecule has 0 aliphatic carbocycles. The third-order valence-corrected chi connectivity index (χ3v) is 1.60. The first-order valence-electron chi connectivity index (χ1n) is 3.34. The fraction of sp³-hybridized carbons (Fsp3) is 0.667. The second-order valence-electron chi connectivity index (χ2n) is 2.18. The van der Waals surface area contributed by atoms with E-state index < -0.39 is 17.9 Å². The van der Waals surface area contributed by atoms with E-state index in [0.29, 0.717) is 0 Å². The topological polar surface area (TPSA) is 81.4 Å². The smallest absolute Gasteiger partial charge is 0.305 e. The number of halogens is 1. The van der Waals surface area contributed by atoms with E-state index in [-0.39, 0.29) is 12.8 Å². The van der Waals surface area contributed by atoms with Crippen LogP contribution < -0.4 is 10.6 Å². The van der Waals surface area contributed by atoms with Crippen LogP contribution in [0.25, 0.3) is 0 Å². The zero-order chi connectivity index (χ0) is 9.56. The molecule has 70 valence electrons. The molecule has 0 radical (unpaired) electrons. The Labute approximate surface area is 75.3 Å². The van der Waals surface area contributed by atoms with Crippen LogP contribution >= 0.6 is 11.8 Å². The van der Waals surface area contributed by atoms with Gasteiger partial charge in [-0.3, -0.25) is 9.59 Å². The second kappa shape index (κ2) is 5.79. The zero-order valence-corrected chi connectivity index (χ0v) is 7.43. The van der Waals surface area contributed by atoms with Gasteiger partial charge in [0.25, 0.3) is 0 Å². The molecule has 0 aliphatic heterocycles. The minimum atomic E-state index is -0.689. The predicted molar refractivity (Wildman–Crippen MR) is 43.2 cm³/mol. The Morgan fingerprint density at radius 3 is 2.58 bits per heavy atom. The highest BCUT2D eigenvalue weighted by molar-refractivity contribution is 6.15. The van der Waals surface area contributed by atoms with Crippen molar-refractivity contribution in [3.05, 3.63) is 0 Å². The molecule has 0 rings (SSSR count). The first-order valence-corrected chi connectivity index (χ1v) is 3.72. The van der Waals surface area contributed by atoms with Crippen LogP contribution in [0.3, 0.4) is 0 Å². The quantitative estimate of drug-likeness (QED) is 0.458. The van der Waals surface area contributed by atoms with E-state index in [1.165, 1.54) is 7.11 Å². The van der Waals surface area contributed by atoms with Gasteiger partial charge in [0.1, 0.15) is 6.04 Å². The van der Waals surface area contributed by atoms with Gasteiger partial charge in [-0.2, -0.15) is 0 Å². The normalized spacial score (nSPS) is 12.2. The zero-order valence-electron chi connectivity index (χ0n) is 6.67. The summed E-state index contributed by atoms with van der Waals surface area (Å²) in [6.45, 7) is 0. The Morgan fingerprint density at radius 1 is 1.67 bits per heavy atom. The van der Waals surface area contributed by atoms with Crippen molar-refractivity contribution in [1.82, 2.24) is 4.84 Å². The standard InChI is InChI=1S/C6H11ClN2O3/c1-12-5(10)3-2-4(9-7)6(8)11/h4,9H,2-3H2,1H3,(H2,8,11). The highest BCUT2D eigenvalue weighted by atomic mass is 35.5. The molecule has 0 saturated heterocycles. The lowest BCUT2D eigenvalue weighted by molar-refractivity contribution is -0.140. The van der Waals surface area contributed by atoms with Crippen molar-refractivity contribution in [2.45, 2.75) is 18.9 Å². The van der Waals surface area contributed by atoms with Crippen LogP contribution in [-0.4, -0.2) is 25.0 Å². The van der Waals surface area contributed by atoms with Gasteiger partial charge in [0.15, 0.2) is 0 Å². The number of esters is 1. The number of amides is 1. The van der Waals surface area contributed by atoms with E-state index in [1.807, 2.05) is 0 Å². The van der Waals surface area contributed by atoms with Crippen LogP contribution in [-0.2, 0) is 14.3 Å². The molecule has 0 spiro atoms. The Balaban J connectivity index is 3.73. The summed E-state index contributed by atoms with van der Waals surface area (Å²) in [5.74, 6) is -0.984. The molecule has 1 unspecified atom stereocenters. The largest absolute Gasteiger partial charge is 0.469 e. The van der Waals surface area contributed by atoms with Gasteiger partial charge in [-0.25, -0.2) is 4.84 Å². The van der Waals surface area contributed by atoms with Gasteiger partial charge in [-0.05, 0) is 18.2 Å². The maximum absolute atomic E-state index is 10.6. The summed E-state index contributed by atoms with van der Waals surface area (Å²) < 4.78 is 4.36. The molecule has 1 atom stereocenters. The van der Waals surface area contributed by atoms with Gasteiger partial charge in [-0.15, -0.1) is 0 Å². The monoisotopic (exact) mass is 194 g/mol. The molecule has 6 heteroatoms. The Morgan fingerprint density at radius 2 is 2.25 bits per heavy atom. The predicted octanol–water partition coefficient (Wildman–Crippen LogP) is -0.463. The van der Waals surface area contributed by atoms with Gasteiger partial charge in [0.2, 0.25) is 5.91 Å². The minimum Gasteiger partial charge on any atom is -0.469 e. The van der Waals surface area contributed by atoms with Crippen LogP contribution in [0.1, 0.15) is 12.8 Å². The summed E-state index contributed by atoms with van der Waals surface area (Å²) in [5.41, 5.74) is 4.94. The molecule has 0 aromatic rings. The third kappa shape index (κ3) is 4.15. The van der Waals surface area contributed by atoms with Gasteiger partial charge in [0, 0.05) is 6.42 Å². The molecule has 5 nitrogen and oxygen atoms in total. The van der Waals surface area contributed by atoms with Crippen molar-refractivity contribution < 1.29 is 14.3 Å². The Hall–Kier alpha value is -0.810. The Bertz CT molecular complexity index is 174. The number of carbonyl (C=O) groups excluding carboxylic acids is 2. The summed E-state index contributed by atoms with van der Waals surface area (Å²) in [7, 11) is 1.27. The highest BCUT2D eigenvalue weighted by Crippen LogP contribution is 1.98. The second-order valence-corrected chi connectivity index (χ2v) is 2.40. The van der Waals surface area contributed by atoms with E-state index in [4.69, 9.17) is 17.5 Å². The number of primary amides is 1. The Kier molecular flexibility index (Phi) is 5.40. The number of rotatable bonds is 5. The SMILES string of the molecule is COC(=O)CCC(NCl)C(N)=O. The number of nitrogens with one attached hydrogen (secondary N) is 1. The summed E-state index contributed by atoms with van der Waals surface area (Å²) in [4.78, 5) is 23.3. The van der Waals surface area contributed by atoms with Gasteiger partial charge in [-0.1, -0.05) is 0 Å². The van der Waals surface area contributed by atoms with Crippen LogP contribution in [0, 0.1) is 0 Å². The van der Waals surface area contributed by atoms with Crippen molar-refractivity contribution >= 4 is 23.7 Å². The van der Waals surface area contributed by atoms with Crippen molar-refractivity contribution in [3.8, 4) is 0 Å². The lowest BCUT2D eigenvalue weighted by atomic mass is 10.1. The molecule has 1 amide bonds. The number of ether oxygens (including phenoxy) is 1. The number of hydrogen-bond donors (Lipinski definition) is 2. The molecule has 0 saturated carbocycles. The molecule has 0 aliphatic rings. The molecular formula is C6H11ClN2O3. The number of hydrogen-bond acceptors (Lipinski definition) is 4. The molecule has 0 aromatic carbocycles. The van der Waals surface area contributed by atoms with Crippen LogP contribution in [0.2, 0.25) is 0 Å². The summed E-state index contributed by atoms with van der Waals surface area (Å²) >= 11 is 5.19. The molecule has 0 heterocycles. The van der Waals surface area contributed by atoms with E-state index >= 15 is 0 Å². The maximum atomic E-state index is 10.6. The lowest BCUT2D eigenvalue weighted by Crippen LogP contribution is -2.37. The summed E-state index contributed by atoms with van der Waals surface area (Å²) in [6.07, 6.45) is 0.356. The fourth-order valence-electron chi connectivity index (χ4n) is 0.615. The number of methoxy groups -OCH3 is 1. The first kappa shape index (κ1) is 11.2. The lowest BCUT2D eigenvalue weighted by Gasteiger charge is -2.08. The minimum absolute atomic E-state index is 0.115. The average molecular weight is 195 g/mol. The molecular weight excluding hydrogens is 184 g/mol. The van der Waals surface area contributed by atoms with Gasteiger partial charge in [0.05, 0.1) is 7.11 Å². The van der Waals surface area contributed by atoms with Crippen molar-refractivity contribution in [2.24, 2.45) is 5.73 Å². The third-order valence-electron chi connectivity index (χ3n) is 1.34. The summed E-state index contributed by atoms with van der Waals surface area (Å²) in [5, 5.41) is 0. The van der Waals surface area contributed by atoms with E-state index in [9.17, 15) is 9.59 Å². The van der Waals surface area contributed by atoms with Gasteiger partial charge >= 0.3 is 5.97 Å². The number of nitrogens with two attached hydrogens (primary N) is 1. The highest BCUT2D eigenvalue weighted by Gasteiger charge is 2.15. The van der Waals surface area contributed by atoms with Gasteiger partial charge < -0.3 is 10.5 Å². The fourth-order valence-corrected chi connectivity index (χ4v) is 0.831. The molecule has 0 bridgehead atoms. The molecule has 3 N–H and O–H groups in total. The average Bonchev–Trinajstić information content (AvgIpc) is 2.04. The van der Waals surface area contributed by atoms with E-state index in [2.05, 4.69) is 9.57 Å². The molecule has 0 fully saturated rings. The van der Waals surface area contributed by atoms with E-state index in [0.717, 1.165) is 0 Å². The van der Waals surface area contributed by atoms with Crippen LogP contribution in [0.4, 0.5) is 0 Å². The van der Waals surface area contributed by atoms with E-state index in [1.54, 1.807) is 0 Å². The van der Waals surface area contributed by atoms with Crippen molar-refractivity contribution in [1.29, 1.82) is 0 Å². The maximum Gasteiger partial charge on any atom is 0.305 e. The first-order chi connectivity index (χ1) is 5.61. The van der Waals surface area contributed by atoms with Crippen molar-refractivity contribution in [2.75, 3.05) is 7.11 Å². The number of carbonyl (C=O) groups is 2. The molecule has 0 aromatic heterocycles. The molecule has 12 heavy (non-hydrogen) atoms.